The van der Waals surface area contributed by atoms with E-state index in [9.17, 15) is 9.59 Å². The number of hydrogen-bond acceptors (Lipinski definition) is 4. The molecule has 0 radical (unpaired) electrons. The third-order valence-electron chi connectivity index (χ3n) is 1.48. The molecule has 1 heterocycles. The molecule has 0 bridgehead atoms. The summed E-state index contributed by atoms with van der Waals surface area (Å²) in [6.45, 7) is 0.898. The summed E-state index contributed by atoms with van der Waals surface area (Å²) < 4.78 is 0. The van der Waals surface area contributed by atoms with Crippen molar-refractivity contribution in [1.82, 2.24) is 4.90 Å². The molecule has 1 aliphatic heterocycles. The molecule has 0 saturated carbocycles. The van der Waals surface area contributed by atoms with Crippen molar-refractivity contribution < 1.29 is 19.8 Å². The molecule has 70 valence electrons. The van der Waals surface area contributed by atoms with E-state index in [0.29, 0.717) is 19.2 Å². The molecule has 1 rings (SSSR count). The van der Waals surface area contributed by atoms with Crippen molar-refractivity contribution in [2.45, 2.75) is 0 Å². The minimum atomic E-state index is -1.28. The summed E-state index contributed by atoms with van der Waals surface area (Å²) in [5.74, 6) is -2.55. The average Bonchev–Trinajstić information content (AvgIpc) is 2.50. The van der Waals surface area contributed by atoms with Crippen LogP contribution in [-0.2, 0) is 9.59 Å². The Balaban J connectivity index is 2.85. The Hall–Kier alpha value is -1.85. The van der Waals surface area contributed by atoms with E-state index in [4.69, 9.17) is 10.2 Å². The zero-order valence-corrected chi connectivity index (χ0v) is 6.67. The summed E-state index contributed by atoms with van der Waals surface area (Å²) in [6.07, 6.45) is 1.97. The van der Waals surface area contributed by atoms with Crippen molar-refractivity contribution >= 4 is 18.3 Å². The number of rotatable bonds is 3. The molecular formula is C7H8N2O4. The van der Waals surface area contributed by atoms with Crippen LogP contribution >= 0.6 is 0 Å². The Morgan fingerprint density at radius 2 is 2.15 bits per heavy atom. The third kappa shape index (κ3) is 2.29. The molecule has 0 amide bonds. The first-order chi connectivity index (χ1) is 6.11. The Bertz CT molecular complexity index is 295. The summed E-state index contributed by atoms with van der Waals surface area (Å²) in [4.78, 5) is 25.9. The molecule has 6 heteroatoms. The third-order valence-corrected chi connectivity index (χ3v) is 1.48. The maximum atomic E-state index is 10.6. The van der Waals surface area contributed by atoms with Crippen LogP contribution in [0.25, 0.3) is 0 Å². The van der Waals surface area contributed by atoms with Crippen LogP contribution in [0.2, 0.25) is 0 Å². The molecule has 13 heavy (non-hydrogen) atoms. The van der Waals surface area contributed by atoms with Gasteiger partial charge in [0, 0.05) is 6.54 Å². The standard InChI is InChI=1S/C7H8N2O4/c10-6(11)3-5(7(12)13)9-2-1-8-4-9/h3-4H,1-2H2,(H,10,11)(H,12,13)/b5-3+. The van der Waals surface area contributed by atoms with E-state index in [1.165, 1.54) is 11.2 Å². The lowest BCUT2D eigenvalue weighted by Gasteiger charge is -2.12. The van der Waals surface area contributed by atoms with Gasteiger partial charge in [-0.1, -0.05) is 0 Å². The van der Waals surface area contributed by atoms with Crippen LogP contribution in [0.3, 0.4) is 0 Å². The number of hydrogen-bond donors (Lipinski definition) is 2. The largest absolute Gasteiger partial charge is 0.478 e. The molecule has 0 aromatic heterocycles. The topological polar surface area (TPSA) is 90.2 Å². The average molecular weight is 184 g/mol. The lowest BCUT2D eigenvalue weighted by atomic mass is 10.3. The van der Waals surface area contributed by atoms with E-state index in [1.54, 1.807) is 0 Å². The highest BCUT2D eigenvalue weighted by atomic mass is 16.4. The van der Waals surface area contributed by atoms with Crippen LogP contribution in [0, 0.1) is 0 Å². The monoisotopic (exact) mass is 184 g/mol. The van der Waals surface area contributed by atoms with Crippen LogP contribution in [0.1, 0.15) is 0 Å². The van der Waals surface area contributed by atoms with E-state index in [-0.39, 0.29) is 5.70 Å². The maximum Gasteiger partial charge on any atom is 0.352 e. The van der Waals surface area contributed by atoms with Crippen LogP contribution in [0.5, 0.6) is 0 Å². The molecular weight excluding hydrogens is 176 g/mol. The zero-order chi connectivity index (χ0) is 9.84. The first kappa shape index (κ1) is 9.24. The predicted molar refractivity (Wildman–Crippen MR) is 43.4 cm³/mol. The van der Waals surface area contributed by atoms with Crippen molar-refractivity contribution in [1.29, 1.82) is 0 Å². The smallest absolute Gasteiger partial charge is 0.352 e. The Kier molecular flexibility index (Phi) is 2.63. The highest BCUT2D eigenvalue weighted by Crippen LogP contribution is 2.05. The summed E-state index contributed by atoms with van der Waals surface area (Å²) >= 11 is 0. The van der Waals surface area contributed by atoms with Gasteiger partial charge in [-0.25, -0.2) is 9.59 Å². The van der Waals surface area contributed by atoms with Crippen molar-refractivity contribution in [2.24, 2.45) is 4.99 Å². The fraction of sp³-hybridized carbons (Fsp3) is 0.286. The van der Waals surface area contributed by atoms with E-state index in [0.717, 1.165) is 0 Å². The summed E-state index contributed by atoms with van der Waals surface area (Å²) in [5, 5.41) is 17.0. The van der Waals surface area contributed by atoms with Gasteiger partial charge >= 0.3 is 11.9 Å². The molecule has 0 fully saturated rings. The fourth-order valence-corrected chi connectivity index (χ4v) is 0.947. The van der Waals surface area contributed by atoms with Gasteiger partial charge in [-0.3, -0.25) is 4.99 Å². The summed E-state index contributed by atoms with van der Waals surface area (Å²) in [6, 6.07) is 0. The summed E-state index contributed by atoms with van der Waals surface area (Å²) in [5.41, 5.74) is -0.270. The van der Waals surface area contributed by atoms with Crippen LogP contribution in [-0.4, -0.2) is 46.5 Å². The maximum absolute atomic E-state index is 10.6. The predicted octanol–water partition coefficient (Wildman–Crippen LogP) is -0.617. The Morgan fingerprint density at radius 1 is 1.46 bits per heavy atom. The number of carboxylic acids is 2. The van der Waals surface area contributed by atoms with Gasteiger partial charge in [0.1, 0.15) is 5.70 Å². The molecule has 0 saturated heterocycles. The first-order valence-electron chi connectivity index (χ1n) is 3.56. The molecule has 0 aliphatic carbocycles. The van der Waals surface area contributed by atoms with Gasteiger partial charge in [0.25, 0.3) is 0 Å². The van der Waals surface area contributed by atoms with Gasteiger partial charge in [-0.05, 0) is 0 Å². The highest BCUT2D eigenvalue weighted by molar-refractivity contribution is 5.96. The number of carboxylic acid groups (broad SMARTS) is 2. The fourth-order valence-electron chi connectivity index (χ4n) is 0.947. The van der Waals surface area contributed by atoms with Gasteiger partial charge in [0.2, 0.25) is 0 Å². The van der Waals surface area contributed by atoms with E-state index in [2.05, 4.69) is 4.99 Å². The number of nitrogens with zero attached hydrogens (tertiary/aromatic N) is 2. The highest BCUT2D eigenvalue weighted by Gasteiger charge is 2.18. The summed E-state index contributed by atoms with van der Waals surface area (Å²) in [7, 11) is 0. The Morgan fingerprint density at radius 3 is 2.54 bits per heavy atom. The lowest BCUT2D eigenvalue weighted by molar-refractivity contribution is -0.136. The lowest BCUT2D eigenvalue weighted by Crippen LogP contribution is -2.25. The van der Waals surface area contributed by atoms with E-state index in [1.807, 2.05) is 0 Å². The minimum absolute atomic E-state index is 0.270. The van der Waals surface area contributed by atoms with Crippen molar-refractivity contribution in [3.63, 3.8) is 0 Å². The van der Waals surface area contributed by atoms with Gasteiger partial charge in [0.15, 0.2) is 0 Å². The zero-order valence-electron chi connectivity index (χ0n) is 6.67. The molecule has 0 aromatic carbocycles. The second-order valence-corrected chi connectivity index (χ2v) is 2.39. The molecule has 2 N–H and O–H groups in total. The van der Waals surface area contributed by atoms with Gasteiger partial charge < -0.3 is 15.1 Å². The van der Waals surface area contributed by atoms with Crippen LogP contribution in [0.4, 0.5) is 0 Å². The second kappa shape index (κ2) is 3.70. The van der Waals surface area contributed by atoms with E-state index >= 15 is 0 Å². The molecule has 1 aliphatic rings. The quantitative estimate of drug-likeness (QED) is 0.570. The SMILES string of the molecule is O=C(O)/C=C(\C(=O)O)N1C=NCC1. The molecule has 0 unspecified atom stereocenters. The number of aliphatic carboxylic acids is 2. The minimum Gasteiger partial charge on any atom is -0.478 e. The molecule has 0 atom stereocenters. The second-order valence-electron chi connectivity index (χ2n) is 2.39. The van der Waals surface area contributed by atoms with Crippen LogP contribution < -0.4 is 0 Å². The van der Waals surface area contributed by atoms with Gasteiger partial charge in [-0.15, -0.1) is 0 Å². The molecule has 6 nitrogen and oxygen atoms in total. The normalized spacial score (nSPS) is 16.3. The molecule has 0 spiro atoms. The van der Waals surface area contributed by atoms with Crippen LogP contribution in [0.15, 0.2) is 16.8 Å². The van der Waals surface area contributed by atoms with Crippen molar-refractivity contribution in [3.05, 3.63) is 11.8 Å². The Labute approximate surface area is 73.8 Å². The number of aliphatic imine (C=N–C) groups is 1. The van der Waals surface area contributed by atoms with Gasteiger partial charge in [-0.2, -0.15) is 0 Å². The molecule has 0 aromatic rings. The first-order valence-corrected chi connectivity index (χ1v) is 3.56. The van der Waals surface area contributed by atoms with E-state index < -0.39 is 11.9 Å². The van der Waals surface area contributed by atoms with Crippen molar-refractivity contribution in [3.8, 4) is 0 Å². The van der Waals surface area contributed by atoms with Gasteiger partial charge in [0.05, 0.1) is 19.0 Å². The number of carbonyl (C=O) groups is 2. The van der Waals surface area contributed by atoms with Crippen molar-refractivity contribution in [2.75, 3.05) is 13.1 Å².